The highest BCUT2D eigenvalue weighted by atomic mass is 32.1. The Morgan fingerprint density at radius 2 is 1.94 bits per heavy atom. The first-order valence-electron chi connectivity index (χ1n) is 10.3. The zero-order chi connectivity index (χ0) is 24.7. The average molecular weight is 492 g/mol. The smallest absolute Gasteiger partial charge is 0.420 e. The number of nitrogens with zero attached hydrogens (tertiary/aromatic N) is 2. The summed E-state index contributed by atoms with van der Waals surface area (Å²) >= 11 is 0.591. The van der Waals surface area contributed by atoms with Gasteiger partial charge in [-0.15, -0.1) is 11.3 Å². The van der Waals surface area contributed by atoms with Gasteiger partial charge in [-0.3, -0.25) is 4.79 Å². The van der Waals surface area contributed by atoms with Crippen molar-refractivity contribution in [1.29, 1.82) is 0 Å². The molecule has 7 nitrogen and oxygen atoms in total. The fourth-order valence-electron chi connectivity index (χ4n) is 3.61. The predicted octanol–water partition coefficient (Wildman–Crippen LogP) is 4.98. The second-order valence-electron chi connectivity index (χ2n) is 8.80. The average Bonchev–Trinajstić information content (AvgIpc) is 3.08. The van der Waals surface area contributed by atoms with Gasteiger partial charge in [0.05, 0.1) is 15.8 Å². The minimum absolute atomic E-state index is 0.0963. The summed E-state index contributed by atoms with van der Waals surface area (Å²) in [6.45, 7) is 7.19. The van der Waals surface area contributed by atoms with Crippen LogP contribution in [0.4, 0.5) is 22.4 Å². The third-order valence-corrected chi connectivity index (χ3v) is 6.09. The first-order valence-corrected chi connectivity index (χ1v) is 11.2. The van der Waals surface area contributed by atoms with Gasteiger partial charge in [0.25, 0.3) is 11.8 Å². The van der Waals surface area contributed by atoms with Gasteiger partial charge in [0.15, 0.2) is 5.82 Å². The number of carbonyl (C=O) groups excluding carboxylic acids is 2. The van der Waals surface area contributed by atoms with Crippen molar-refractivity contribution in [1.82, 2.24) is 15.2 Å². The zero-order valence-electron chi connectivity index (χ0n) is 18.8. The van der Waals surface area contributed by atoms with Gasteiger partial charge in [-0.1, -0.05) is 0 Å². The maximum Gasteiger partial charge on any atom is 0.420 e. The van der Waals surface area contributed by atoms with Crippen LogP contribution in [-0.4, -0.2) is 53.2 Å². The minimum Gasteiger partial charge on any atom is -0.472 e. The molecule has 0 spiro atoms. The lowest BCUT2D eigenvalue weighted by atomic mass is 10.0. The summed E-state index contributed by atoms with van der Waals surface area (Å²) in [5.74, 6) is -3.08. The van der Waals surface area contributed by atoms with Crippen molar-refractivity contribution in [3.05, 3.63) is 22.3 Å². The second-order valence-corrected chi connectivity index (χ2v) is 9.68. The molecule has 1 N–H and O–H groups in total. The van der Waals surface area contributed by atoms with Gasteiger partial charge in [-0.2, -0.15) is 13.2 Å². The van der Waals surface area contributed by atoms with E-state index >= 15 is 0 Å². The van der Waals surface area contributed by atoms with Crippen molar-refractivity contribution in [2.24, 2.45) is 0 Å². The van der Waals surface area contributed by atoms with E-state index in [9.17, 15) is 27.2 Å². The van der Waals surface area contributed by atoms with E-state index in [1.807, 2.05) is 0 Å². The summed E-state index contributed by atoms with van der Waals surface area (Å²) in [7, 11) is 1.33. The van der Waals surface area contributed by atoms with Crippen LogP contribution >= 0.6 is 11.3 Å². The molecule has 0 aromatic carbocycles. The van der Waals surface area contributed by atoms with Gasteiger partial charge >= 0.3 is 12.3 Å². The molecule has 33 heavy (non-hydrogen) atoms. The predicted molar refractivity (Wildman–Crippen MR) is 114 cm³/mol. The van der Waals surface area contributed by atoms with E-state index in [0.29, 0.717) is 11.3 Å². The number of ether oxygens (including phenoxy) is 2. The Kier molecular flexibility index (Phi) is 6.79. The topological polar surface area (TPSA) is 80.8 Å². The third-order valence-electron chi connectivity index (χ3n) is 5.10. The number of aromatic nitrogens is 1. The summed E-state index contributed by atoms with van der Waals surface area (Å²) in [6, 6.07) is -0.352. The van der Waals surface area contributed by atoms with Gasteiger partial charge in [-0.05, 0) is 27.7 Å². The van der Waals surface area contributed by atoms with Crippen molar-refractivity contribution < 1.29 is 36.6 Å². The molecule has 0 radical (unpaired) electrons. The van der Waals surface area contributed by atoms with Crippen molar-refractivity contribution in [2.45, 2.75) is 64.5 Å². The fraction of sp³-hybridized carbons (Fsp3) is 0.571. The van der Waals surface area contributed by atoms with E-state index in [1.165, 1.54) is 17.3 Å². The Balaban J connectivity index is 1.90. The van der Waals surface area contributed by atoms with Gasteiger partial charge in [0.2, 0.25) is 0 Å². The number of hydrogen-bond acceptors (Lipinski definition) is 6. The molecule has 3 heterocycles. The lowest BCUT2D eigenvalue weighted by Gasteiger charge is -2.38. The minimum atomic E-state index is -5.01. The number of thiophene rings is 1. The Labute approximate surface area is 192 Å². The molecule has 2 amide bonds. The first-order chi connectivity index (χ1) is 15.2. The van der Waals surface area contributed by atoms with Gasteiger partial charge < -0.3 is 19.7 Å². The number of likely N-dealkylation sites (tertiary alicyclic amines) is 1. The van der Waals surface area contributed by atoms with E-state index in [-0.39, 0.29) is 36.5 Å². The Bertz CT molecular complexity index is 1060. The van der Waals surface area contributed by atoms with E-state index in [4.69, 9.17) is 9.47 Å². The number of fused-ring (bicyclic) bond motifs is 1. The monoisotopic (exact) mass is 491 g/mol. The molecule has 0 aliphatic carbocycles. The Morgan fingerprint density at radius 3 is 2.48 bits per heavy atom. The highest BCUT2D eigenvalue weighted by Gasteiger charge is 2.41. The summed E-state index contributed by atoms with van der Waals surface area (Å²) < 4.78 is 66.5. The normalized spacial score (nSPS) is 19.5. The standard InChI is InChI=1S/C21H25F4N3O4S/c1-10-8-11(6-7-28(10)19(30)32-20(2,3)4)31-18-14(22)13(21(23,24)25)16-15(27-18)12(9-33-16)17(29)26-5/h9-11H,6-8H2,1-5H3,(H,26,29)/t10-,11-/m1/s1. The SMILES string of the molecule is CNC(=O)c1csc2c(C(F)(F)F)c(F)c(O[C@@H]3CCN(C(=O)OC(C)(C)C)[C@H](C)C3)nc12. The number of nitrogens with one attached hydrogen (secondary N) is 1. The molecule has 3 rings (SSSR count). The molecule has 12 heteroatoms. The second kappa shape index (κ2) is 8.96. The van der Waals surface area contributed by atoms with Gasteiger partial charge in [-0.25, -0.2) is 14.2 Å². The molecule has 2 aromatic heterocycles. The summed E-state index contributed by atoms with van der Waals surface area (Å²) in [5.41, 5.74) is -2.56. The maximum absolute atomic E-state index is 14.9. The number of rotatable bonds is 3. The number of pyridine rings is 1. The fourth-order valence-corrected chi connectivity index (χ4v) is 4.65. The highest BCUT2D eigenvalue weighted by molar-refractivity contribution is 7.17. The molecule has 0 unspecified atom stereocenters. The molecule has 1 fully saturated rings. The first kappa shape index (κ1) is 25.0. The summed E-state index contributed by atoms with van der Waals surface area (Å²) in [4.78, 5) is 29.9. The van der Waals surface area contributed by atoms with Crippen LogP contribution in [0.1, 0.15) is 56.5 Å². The molecule has 0 saturated carbocycles. The highest BCUT2D eigenvalue weighted by Crippen LogP contribution is 2.43. The van der Waals surface area contributed by atoms with Crippen LogP contribution in [0.5, 0.6) is 5.88 Å². The van der Waals surface area contributed by atoms with Crippen LogP contribution in [-0.2, 0) is 10.9 Å². The number of piperidine rings is 1. The molecule has 2 aromatic rings. The van der Waals surface area contributed by atoms with Gasteiger partial charge in [0.1, 0.15) is 17.3 Å². The maximum atomic E-state index is 14.9. The van der Waals surface area contributed by atoms with E-state index in [1.54, 1.807) is 27.7 Å². The van der Waals surface area contributed by atoms with Crippen LogP contribution in [0.15, 0.2) is 5.38 Å². The number of amides is 2. The molecular weight excluding hydrogens is 466 g/mol. The van der Waals surface area contributed by atoms with Crippen LogP contribution < -0.4 is 10.1 Å². The van der Waals surface area contributed by atoms with Crippen LogP contribution in [0.2, 0.25) is 0 Å². The van der Waals surface area contributed by atoms with Crippen LogP contribution in [0.25, 0.3) is 10.2 Å². The Hall–Kier alpha value is -2.63. The number of hydrogen-bond donors (Lipinski definition) is 1. The largest absolute Gasteiger partial charge is 0.472 e. The van der Waals surface area contributed by atoms with Gasteiger partial charge in [0, 0.05) is 37.9 Å². The number of halogens is 4. The van der Waals surface area contributed by atoms with E-state index in [2.05, 4.69) is 10.3 Å². The quantitative estimate of drug-likeness (QED) is 0.613. The summed E-state index contributed by atoms with van der Waals surface area (Å²) in [6.07, 6.45) is -5.71. The van der Waals surface area contributed by atoms with Crippen molar-refractivity contribution in [3.8, 4) is 5.88 Å². The molecule has 1 aliphatic rings. The van der Waals surface area contributed by atoms with Crippen molar-refractivity contribution in [2.75, 3.05) is 13.6 Å². The number of carbonyl (C=O) groups is 2. The molecule has 1 aliphatic heterocycles. The Morgan fingerprint density at radius 1 is 1.27 bits per heavy atom. The summed E-state index contributed by atoms with van der Waals surface area (Å²) in [5, 5.41) is 3.54. The van der Waals surface area contributed by atoms with E-state index < -0.39 is 51.8 Å². The number of alkyl halides is 3. The molecule has 1 saturated heterocycles. The van der Waals surface area contributed by atoms with Crippen LogP contribution in [0.3, 0.4) is 0 Å². The lowest BCUT2D eigenvalue weighted by molar-refractivity contribution is -0.138. The zero-order valence-corrected chi connectivity index (χ0v) is 19.6. The lowest BCUT2D eigenvalue weighted by Crippen LogP contribution is -2.49. The van der Waals surface area contributed by atoms with Crippen molar-refractivity contribution in [3.63, 3.8) is 0 Å². The molecule has 0 bridgehead atoms. The molecule has 182 valence electrons. The molecule has 2 atom stereocenters. The van der Waals surface area contributed by atoms with Crippen LogP contribution in [0, 0.1) is 5.82 Å². The third kappa shape index (κ3) is 5.31. The van der Waals surface area contributed by atoms with Crippen molar-refractivity contribution >= 4 is 33.6 Å². The molecular formula is C21H25F4N3O4S. The van der Waals surface area contributed by atoms with E-state index in [0.717, 1.165) is 0 Å².